The fourth-order valence-corrected chi connectivity index (χ4v) is 2.75. The van der Waals surface area contributed by atoms with Crippen LogP contribution in [0.2, 0.25) is 0 Å². The van der Waals surface area contributed by atoms with Crippen molar-refractivity contribution < 1.29 is 19.8 Å². The van der Waals surface area contributed by atoms with Gasteiger partial charge in [-0.1, -0.05) is 22.9 Å². The van der Waals surface area contributed by atoms with E-state index in [-0.39, 0.29) is 17.2 Å². The maximum Gasteiger partial charge on any atom is 0.326 e. The van der Waals surface area contributed by atoms with E-state index in [1.165, 1.54) is 17.0 Å². The number of hydrogen-bond donors (Lipinski definition) is 2. The third-order valence-corrected chi connectivity index (χ3v) is 3.90. The van der Waals surface area contributed by atoms with E-state index < -0.39 is 17.9 Å². The normalized spacial score (nSPS) is 22.5. The highest BCUT2D eigenvalue weighted by atomic mass is 79.9. The van der Waals surface area contributed by atoms with Gasteiger partial charge < -0.3 is 15.1 Å². The zero-order valence-corrected chi connectivity index (χ0v) is 11.9. The standard InChI is InChI=1S/C13H14BrNO4/c1-7-4-5-15(11(7)13(18)19)12(17)9-6-8(14)2-3-10(9)16/h2-3,6-7,11,16H,4-5H2,1H3,(H,18,19). The molecule has 1 amide bonds. The van der Waals surface area contributed by atoms with Crippen LogP contribution in [0.15, 0.2) is 22.7 Å². The maximum absolute atomic E-state index is 12.4. The molecule has 0 saturated carbocycles. The lowest BCUT2D eigenvalue weighted by atomic mass is 10.0. The van der Waals surface area contributed by atoms with Gasteiger partial charge in [0.15, 0.2) is 0 Å². The number of carbonyl (C=O) groups excluding carboxylic acids is 1. The van der Waals surface area contributed by atoms with Crippen LogP contribution >= 0.6 is 15.9 Å². The number of amides is 1. The zero-order chi connectivity index (χ0) is 14.2. The van der Waals surface area contributed by atoms with Crippen LogP contribution in [0.1, 0.15) is 23.7 Å². The molecule has 6 heteroatoms. The summed E-state index contributed by atoms with van der Waals surface area (Å²) < 4.78 is 0.660. The van der Waals surface area contributed by atoms with Crippen molar-refractivity contribution in [2.24, 2.45) is 5.92 Å². The molecule has 0 bridgehead atoms. The summed E-state index contributed by atoms with van der Waals surface area (Å²) in [5.74, 6) is -1.68. The highest BCUT2D eigenvalue weighted by Gasteiger charge is 2.40. The summed E-state index contributed by atoms with van der Waals surface area (Å²) in [6.07, 6.45) is 0.650. The van der Waals surface area contributed by atoms with Crippen LogP contribution in [0.25, 0.3) is 0 Å². The molecule has 1 aromatic carbocycles. The van der Waals surface area contributed by atoms with Gasteiger partial charge in [-0.05, 0) is 30.5 Å². The Bertz CT molecular complexity index is 531. The lowest BCUT2D eigenvalue weighted by molar-refractivity contribution is -0.142. The summed E-state index contributed by atoms with van der Waals surface area (Å²) >= 11 is 3.23. The van der Waals surface area contributed by atoms with E-state index in [4.69, 9.17) is 0 Å². The van der Waals surface area contributed by atoms with Gasteiger partial charge in [-0.15, -0.1) is 0 Å². The Morgan fingerprint density at radius 2 is 2.11 bits per heavy atom. The molecule has 1 aromatic rings. The topological polar surface area (TPSA) is 77.8 Å². The van der Waals surface area contributed by atoms with Crippen LogP contribution in [-0.4, -0.2) is 39.6 Å². The Labute approximate surface area is 119 Å². The monoisotopic (exact) mass is 327 g/mol. The van der Waals surface area contributed by atoms with Crippen LogP contribution in [0.5, 0.6) is 5.75 Å². The number of aliphatic carboxylic acids is 1. The smallest absolute Gasteiger partial charge is 0.326 e. The van der Waals surface area contributed by atoms with Gasteiger partial charge in [0.25, 0.3) is 5.91 Å². The number of carboxylic acid groups (broad SMARTS) is 1. The van der Waals surface area contributed by atoms with Crippen LogP contribution in [0, 0.1) is 5.92 Å². The van der Waals surface area contributed by atoms with E-state index in [0.717, 1.165) is 0 Å². The van der Waals surface area contributed by atoms with E-state index in [1.54, 1.807) is 6.07 Å². The first kappa shape index (κ1) is 13.9. The Morgan fingerprint density at radius 3 is 2.74 bits per heavy atom. The van der Waals surface area contributed by atoms with Gasteiger partial charge in [0.2, 0.25) is 0 Å². The minimum atomic E-state index is -1.01. The number of phenolic OH excluding ortho intramolecular Hbond substituents is 1. The van der Waals surface area contributed by atoms with E-state index in [0.29, 0.717) is 17.4 Å². The van der Waals surface area contributed by atoms with Crippen molar-refractivity contribution in [2.75, 3.05) is 6.54 Å². The quantitative estimate of drug-likeness (QED) is 0.871. The third-order valence-electron chi connectivity index (χ3n) is 3.40. The first-order chi connectivity index (χ1) is 8.91. The Hall–Kier alpha value is -1.56. The van der Waals surface area contributed by atoms with Gasteiger partial charge in [-0.2, -0.15) is 0 Å². The summed E-state index contributed by atoms with van der Waals surface area (Å²) in [4.78, 5) is 24.9. The molecule has 1 saturated heterocycles. The van der Waals surface area contributed by atoms with Crippen molar-refractivity contribution in [1.82, 2.24) is 4.90 Å². The fourth-order valence-electron chi connectivity index (χ4n) is 2.39. The number of nitrogens with zero attached hydrogens (tertiary/aromatic N) is 1. The highest BCUT2D eigenvalue weighted by Crippen LogP contribution is 2.29. The summed E-state index contributed by atoms with van der Waals surface area (Å²) in [5, 5.41) is 18.9. The molecule has 1 fully saturated rings. The van der Waals surface area contributed by atoms with Crippen LogP contribution < -0.4 is 0 Å². The number of carbonyl (C=O) groups is 2. The molecule has 0 aromatic heterocycles. The first-order valence-corrected chi connectivity index (χ1v) is 6.73. The van der Waals surface area contributed by atoms with Crippen molar-refractivity contribution in [3.63, 3.8) is 0 Å². The molecule has 2 unspecified atom stereocenters. The molecule has 0 radical (unpaired) electrons. The number of rotatable bonds is 2. The Balaban J connectivity index is 2.33. The van der Waals surface area contributed by atoms with Gasteiger partial charge in [0.05, 0.1) is 5.56 Å². The van der Waals surface area contributed by atoms with Crippen LogP contribution in [-0.2, 0) is 4.79 Å². The molecule has 5 nitrogen and oxygen atoms in total. The Morgan fingerprint density at radius 1 is 1.42 bits per heavy atom. The second-order valence-electron chi connectivity index (χ2n) is 4.71. The van der Waals surface area contributed by atoms with Crippen molar-refractivity contribution >= 4 is 27.8 Å². The van der Waals surface area contributed by atoms with E-state index in [1.807, 2.05) is 6.92 Å². The minimum Gasteiger partial charge on any atom is -0.507 e. The molecule has 19 heavy (non-hydrogen) atoms. The first-order valence-electron chi connectivity index (χ1n) is 5.94. The van der Waals surface area contributed by atoms with E-state index in [2.05, 4.69) is 15.9 Å². The van der Waals surface area contributed by atoms with Gasteiger partial charge in [0.1, 0.15) is 11.8 Å². The van der Waals surface area contributed by atoms with Gasteiger partial charge in [-0.3, -0.25) is 4.79 Å². The van der Waals surface area contributed by atoms with Crippen LogP contribution in [0.4, 0.5) is 0 Å². The molecule has 0 spiro atoms. The number of benzene rings is 1. The van der Waals surface area contributed by atoms with Crippen molar-refractivity contribution in [3.05, 3.63) is 28.2 Å². The average Bonchev–Trinajstić information content (AvgIpc) is 2.73. The number of aromatic hydroxyl groups is 1. The largest absolute Gasteiger partial charge is 0.507 e. The predicted octanol–water partition coefficient (Wildman–Crippen LogP) is 2.09. The summed E-state index contributed by atoms with van der Waals surface area (Å²) in [5.41, 5.74) is 0.120. The molecular formula is C13H14BrNO4. The van der Waals surface area contributed by atoms with Crippen molar-refractivity contribution in [2.45, 2.75) is 19.4 Å². The second-order valence-corrected chi connectivity index (χ2v) is 5.62. The van der Waals surface area contributed by atoms with Crippen molar-refractivity contribution in [3.8, 4) is 5.75 Å². The molecule has 1 heterocycles. The summed E-state index contributed by atoms with van der Waals surface area (Å²) in [6, 6.07) is 3.70. The molecule has 1 aliphatic rings. The van der Waals surface area contributed by atoms with Gasteiger partial charge in [0, 0.05) is 11.0 Å². The number of phenols is 1. The van der Waals surface area contributed by atoms with E-state index in [9.17, 15) is 19.8 Å². The van der Waals surface area contributed by atoms with Crippen LogP contribution in [0.3, 0.4) is 0 Å². The molecule has 2 atom stereocenters. The number of likely N-dealkylation sites (tertiary alicyclic amines) is 1. The Kier molecular flexibility index (Phi) is 3.80. The highest BCUT2D eigenvalue weighted by molar-refractivity contribution is 9.10. The second kappa shape index (κ2) is 5.21. The van der Waals surface area contributed by atoms with Gasteiger partial charge in [-0.25, -0.2) is 4.79 Å². The number of carboxylic acids is 1. The van der Waals surface area contributed by atoms with Gasteiger partial charge >= 0.3 is 5.97 Å². The van der Waals surface area contributed by atoms with E-state index >= 15 is 0 Å². The lowest BCUT2D eigenvalue weighted by Gasteiger charge is -2.23. The summed E-state index contributed by atoms with van der Waals surface area (Å²) in [6.45, 7) is 2.20. The average molecular weight is 328 g/mol. The summed E-state index contributed by atoms with van der Waals surface area (Å²) in [7, 11) is 0. The van der Waals surface area contributed by atoms with Crippen molar-refractivity contribution in [1.29, 1.82) is 0 Å². The number of hydrogen-bond acceptors (Lipinski definition) is 3. The SMILES string of the molecule is CC1CCN(C(=O)c2cc(Br)ccc2O)C1C(=O)O. The fraction of sp³-hybridized carbons (Fsp3) is 0.385. The third kappa shape index (κ3) is 2.58. The number of halogens is 1. The predicted molar refractivity (Wildman–Crippen MR) is 72.0 cm³/mol. The molecule has 102 valence electrons. The zero-order valence-electron chi connectivity index (χ0n) is 10.3. The molecule has 1 aliphatic heterocycles. The molecule has 0 aliphatic carbocycles. The minimum absolute atomic E-state index is 0.0873. The molecule has 2 rings (SSSR count). The maximum atomic E-state index is 12.4. The molecular weight excluding hydrogens is 314 g/mol. The lowest BCUT2D eigenvalue weighted by Crippen LogP contribution is -2.42. The molecule has 2 N–H and O–H groups in total.